The number of hydrogen-bond acceptors (Lipinski definition) is 3. The Bertz CT molecular complexity index is 829. The number of rotatable bonds is 52. The molecule has 0 aromatic rings. The average molecular weight is 847 g/mol. The van der Waals surface area contributed by atoms with Crippen LogP contribution in [-0.4, -0.2) is 34.9 Å². The predicted octanol–water partition coefficient (Wildman–Crippen LogP) is 18.1. The average Bonchev–Trinajstić information content (AvgIpc) is 3.25. The summed E-state index contributed by atoms with van der Waals surface area (Å²) in [5.41, 5.74) is 0. The van der Waals surface area contributed by atoms with Crippen molar-refractivity contribution in [1.29, 1.82) is 0 Å². The van der Waals surface area contributed by atoms with E-state index < -0.39 is 12.1 Å². The number of aliphatic hydroxyl groups excluding tert-OH is 2. The molecule has 0 aromatic heterocycles. The van der Waals surface area contributed by atoms with Crippen LogP contribution >= 0.6 is 0 Å². The Balaban J connectivity index is 3.41. The quantitative estimate of drug-likeness (QED) is 0.0422. The van der Waals surface area contributed by atoms with Gasteiger partial charge in [-0.2, -0.15) is 0 Å². The summed E-state index contributed by atoms with van der Waals surface area (Å²) in [6.07, 6.45) is 68.1. The summed E-state index contributed by atoms with van der Waals surface area (Å²) < 4.78 is 0. The standard InChI is InChI=1S/C56H111NO3/c1-3-5-7-9-11-13-15-17-19-21-22-23-24-25-26-27-28-29-30-31-32-33-34-35-36-37-39-41-43-45-47-49-51-55(59)54(53-58)57-56(60)52-50-48-46-44-42-40-38-20-18-16-14-12-10-8-6-4-2/h49,51,54-55,58-59H,3-48,50,52-53H2,1-2H3,(H,57,60)/b51-49+. The van der Waals surface area contributed by atoms with Crippen molar-refractivity contribution >= 4 is 5.91 Å². The second-order valence-corrected chi connectivity index (χ2v) is 19.4. The first-order chi connectivity index (χ1) is 29.7. The van der Waals surface area contributed by atoms with E-state index in [1.807, 2.05) is 6.08 Å². The Labute approximate surface area is 377 Å². The zero-order valence-electron chi connectivity index (χ0n) is 41.3. The summed E-state index contributed by atoms with van der Waals surface area (Å²) in [5, 5.41) is 23.1. The maximum absolute atomic E-state index is 12.4. The lowest BCUT2D eigenvalue weighted by atomic mass is 10.0. The van der Waals surface area contributed by atoms with Crippen molar-refractivity contribution in [3.05, 3.63) is 12.2 Å². The fraction of sp³-hybridized carbons (Fsp3) is 0.946. The normalized spacial score (nSPS) is 12.8. The van der Waals surface area contributed by atoms with Gasteiger partial charge in [0.1, 0.15) is 0 Å². The van der Waals surface area contributed by atoms with Crippen LogP contribution in [0.2, 0.25) is 0 Å². The minimum atomic E-state index is -0.835. The van der Waals surface area contributed by atoms with E-state index in [9.17, 15) is 15.0 Å². The zero-order chi connectivity index (χ0) is 43.5. The van der Waals surface area contributed by atoms with E-state index in [0.717, 1.165) is 25.7 Å². The van der Waals surface area contributed by atoms with E-state index in [1.54, 1.807) is 6.08 Å². The van der Waals surface area contributed by atoms with Crippen molar-refractivity contribution in [2.24, 2.45) is 0 Å². The molecule has 4 heteroatoms. The highest BCUT2D eigenvalue weighted by molar-refractivity contribution is 5.76. The van der Waals surface area contributed by atoms with E-state index in [1.165, 1.54) is 276 Å². The summed E-state index contributed by atoms with van der Waals surface area (Å²) in [6, 6.07) is -0.617. The summed E-state index contributed by atoms with van der Waals surface area (Å²) in [7, 11) is 0. The van der Waals surface area contributed by atoms with Gasteiger partial charge < -0.3 is 15.5 Å². The van der Waals surface area contributed by atoms with E-state index in [2.05, 4.69) is 19.2 Å². The third-order valence-corrected chi connectivity index (χ3v) is 13.3. The number of hydrogen-bond donors (Lipinski definition) is 3. The summed E-state index contributed by atoms with van der Waals surface area (Å²) in [6.45, 7) is 4.35. The number of aliphatic hydroxyl groups is 2. The molecular formula is C56H111NO3. The molecule has 0 saturated heterocycles. The molecular weight excluding hydrogens is 735 g/mol. The predicted molar refractivity (Wildman–Crippen MR) is 267 cm³/mol. The van der Waals surface area contributed by atoms with Crippen molar-refractivity contribution in [2.75, 3.05) is 6.61 Å². The lowest BCUT2D eigenvalue weighted by Crippen LogP contribution is -2.45. The largest absolute Gasteiger partial charge is 0.394 e. The summed E-state index contributed by atoms with van der Waals surface area (Å²) in [4.78, 5) is 12.4. The van der Waals surface area contributed by atoms with Crippen molar-refractivity contribution in [2.45, 2.75) is 334 Å². The van der Waals surface area contributed by atoms with E-state index >= 15 is 0 Å². The number of carbonyl (C=O) groups excluding carboxylic acids is 1. The van der Waals surface area contributed by atoms with Crippen molar-refractivity contribution in [1.82, 2.24) is 5.32 Å². The minimum absolute atomic E-state index is 0.0575. The Kier molecular flexibility index (Phi) is 51.7. The van der Waals surface area contributed by atoms with Crippen LogP contribution in [0.15, 0.2) is 12.2 Å². The van der Waals surface area contributed by atoms with Gasteiger partial charge in [-0.15, -0.1) is 0 Å². The van der Waals surface area contributed by atoms with Crippen LogP contribution in [0.4, 0.5) is 0 Å². The summed E-state index contributed by atoms with van der Waals surface area (Å²) in [5.74, 6) is -0.0575. The SMILES string of the molecule is CCCCCCCCCCCCCCCCCCCCCCCCCCCCCCCC/C=C/C(O)C(CO)NC(=O)CCCCCCCCCCCCCCCCCC. The third kappa shape index (κ3) is 48.2. The van der Waals surface area contributed by atoms with E-state index in [0.29, 0.717) is 6.42 Å². The molecule has 0 fully saturated rings. The summed E-state index contributed by atoms with van der Waals surface area (Å²) >= 11 is 0. The zero-order valence-corrected chi connectivity index (χ0v) is 41.3. The van der Waals surface area contributed by atoms with Gasteiger partial charge in [-0.25, -0.2) is 0 Å². The molecule has 2 atom stereocenters. The number of carbonyl (C=O) groups is 1. The molecule has 0 aliphatic carbocycles. The highest BCUT2D eigenvalue weighted by Gasteiger charge is 2.18. The van der Waals surface area contributed by atoms with Gasteiger partial charge in [0.25, 0.3) is 0 Å². The van der Waals surface area contributed by atoms with E-state index in [4.69, 9.17) is 0 Å². The molecule has 0 aromatic carbocycles. The van der Waals surface area contributed by atoms with Crippen molar-refractivity contribution < 1.29 is 15.0 Å². The number of nitrogens with one attached hydrogen (secondary N) is 1. The first kappa shape index (κ1) is 59.1. The van der Waals surface area contributed by atoms with Gasteiger partial charge in [-0.3, -0.25) is 4.79 Å². The number of unbranched alkanes of at least 4 members (excludes halogenated alkanes) is 45. The Morgan fingerprint density at radius 2 is 0.617 bits per heavy atom. The first-order valence-corrected chi connectivity index (χ1v) is 27.9. The Morgan fingerprint density at radius 1 is 0.383 bits per heavy atom. The third-order valence-electron chi connectivity index (χ3n) is 13.3. The lowest BCUT2D eigenvalue weighted by Gasteiger charge is -2.20. The highest BCUT2D eigenvalue weighted by atomic mass is 16.3. The lowest BCUT2D eigenvalue weighted by molar-refractivity contribution is -0.123. The molecule has 0 heterocycles. The fourth-order valence-corrected chi connectivity index (χ4v) is 9.01. The van der Waals surface area contributed by atoms with Gasteiger partial charge in [0.2, 0.25) is 5.91 Å². The molecule has 0 spiro atoms. The van der Waals surface area contributed by atoms with Gasteiger partial charge >= 0.3 is 0 Å². The molecule has 3 N–H and O–H groups in total. The Morgan fingerprint density at radius 3 is 0.867 bits per heavy atom. The van der Waals surface area contributed by atoms with Crippen molar-refractivity contribution in [3.8, 4) is 0 Å². The van der Waals surface area contributed by atoms with Crippen LogP contribution < -0.4 is 5.32 Å². The second-order valence-electron chi connectivity index (χ2n) is 19.4. The fourth-order valence-electron chi connectivity index (χ4n) is 9.01. The maximum Gasteiger partial charge on any atom is 0.220 e. The molecule has 0 aliphatic heterocycles. The molecule has 4 nitrogen and oxygen atoms in total. The van der Waals surface area contributed by atoms with Gasteiger partial charge in [0, 0.05) is 6.42 Å². The van der Waals surface area contributed by atoms with Gasteiger partial charge in [-0.1, -0.05) is 309 Å². The second kappa shape index (κ2) is 52.5. The monoisotopic (exact) mass is 846 g/mol. The molecule has 0 radical (unpaired) electrons. The molecule has 0 saturated carbocycles. The number of amides is 1. The molecule has 2 unspecified atom stereocenters. The highest BCUT2D eigenvalue weighted by Crippen LogP contribution is 2.18. The Hall–Kier alpha value is -0.870. The molecule has 0 bridgehead atoms. The van der Waals surface area contributed by atoms with Gasteiger partial charge in [-0.05, 0) is 19.3 Å². The van der Waals surface area contributed by atoms with Crippen molar-refractivity contribution in [3.63, 3.8) is 0 Å². The van der Waals surface area contributed by atoms with Gasteiger partial charge in [0.15, 0.2) is 0 Å². The maximum atomic E-state index is 12.4. The van der Waals surface area contributed by atoms with Crippen LogP contribution in [0, 0.1) is 0 Å². The van der Waals surface area contributed by atoms with Crippen LogP contribution in [0.5, 0.6) is 0 Å². The van der Waals surface area contributed by atoms with Gasteiger partial charge in [0.05, 0.1) is 18.8 Å². The topological polar surface area (TPSA) is 69.6 Å². The van der Waals surface area contributed by atoms with E-state index in [-0.39, 0.29) is 12.5 Å². The van der Waals surface area contributed by atoms with Crippen LogP contribution in [-0.2, 0) is 4.79 Å². The van der Waals surface area contributed by atoms with Crippen LogP contribution in [0.25, 0.3) is 0 Å². The molecule has 1 amide bonds. The first-order valence-electron chi connectivity index (χ1n) is 27.9. The minimum Gasteiger partial charge on any atom is -0.394 e. The number of allylic oxidation sites excluding steroid dienone is 1. The molecule has 358 valence electrons. The molecule has 0 rings (SSSR count). The molecule has 60 heavy (non-hydrogen) atoms. The smallest absolute Gasteiger partial charge is 0.220 e. The van der Waals surface area contributed by atoms with Crippen LogP contribution in [0.3, 0.4) is 0 Å². The molecule has 0 aliphatic rings. The van der Waals surface area contributed by atoms with Crippen LogP contribution in [0.1, 0.15) is 322 Å².